The first-order valence-corrected chi connectivity index (χ1v) is 13.8. The van der Waals surface area contributed by atoms with E-state index in [2.05, 4.69) is 71.1 Å². The Kier molecular flexibility index (Phi) is 7.30. The Morgan fingerprint density at radius 3 is 1.92 bits per heavy atom. The Labute approximate surface area is 225 Å². The number of thiophene rings is 2. The predicted molar refractivity (Wildman–Crippen MR) is 156 cm³/mol. The smallest absolute Gasteiger partial charge is 0.212 e. The molecule has 0 spiro atoms. The predicted octanol–water partition coefficient (Wildman–Crippen LogP) is 7.60. The minimum absolute atomic E-state index is 0.143. The van der Waals surface area contributed by atoms with Gasteiger partial charge in [0, 0.05) is 28.3 Å². The Morgan fingerprint density at radius 1 is 0.892 bits per heavy atom. The summed E-state index contributed by atoms with van der Waals surface area (Å²) in [6.07, 6.45) is 8.15. The molecule has 6 nitrogen and oxygen atoms in total. The van der Waals surface area contributed by atoms with E-state index in [1.807, 2.05) is 50.3 Å². The van der Waals surface area contributed by atoms with Crippen LogP contribution in [0.1, 0.15) is 35.1 Å². The van der Waals surface area contributed by atoms with E-state index in [0.29, 0.717) is 5.96 Å². The lowest BCUT2D eigenvalue weighted by atomic mass is 9.93. The molecule has 1 aliphatic heterocycles. The van der Waals surface area contributed by atoms with Gasteiger partial charge in [-0.3, -0.25) is 4.99 Å². The van der Waals surface area contributed by atoms with Gasteiger partial charge in [0.05, 0.1) is 15.5 Å². The van der Waals surface area contributed by atoms with E-state index in [4.69, 9.17) is 8.83 Å². The second kappa shape index (κ2) is 10.8. The lowest BCUT2D eigenvalue weighted by Gasteiger charge is -2.28. The van der Waals surface area contributed by atoms with Gasteiger partial charge >= 0.3 is 0 Å². The van der Waals surface area contributed by atoms with Crippen LogP contribution in [0.15, 0.2) is 79.6 Å². The molecule has 4 aromatic rings. The molecule has 0 unspecified atom stereocenters. The molecule has 0 atom stereocenters. The quantitative estimate of drug-likeness (QED) is 0.191. The van der Waals surface area contributed by atoms with Crippen LogP contribution in [-0.4, -0.2) is 24.8 Å². The summed E-state index contributed by atoms with van der Waals surface area (Å²) >= 11 is 3.36. The van der Waals surface area contributed by atoms with Crippen molar-refractivity contribution in [2.24, 2.45) is 15.5 Å². The number of allylic oxidation sites excluding steroid dienone is 2. The highest BCUT2D eigenvalue weighted by atomic mass is 32.1. The van der Waals surface area contributed by atoms with E-state index in [1.165, 1.54) is 0 Å². The molecule has 37 heavy (non-hydrogen) atoms. The normalized spacial score (nSPS) is 15.2. The Hall–Kier alpha value is -3.62. The van der Waals surface area contributed by atoms with E-state index in [9.17, 15) is 0 Å². The van der Waals surface area contributed by atoms with Gasteiger partial charge in [-0.2, -0.15) is 5.10 Å². The van der Waals surface area contributed by atoms with Gasteiger partial charge in [-0.15, -0.1) is 22.7 Å². The summed E-state index contributed by atoms with van der Waals surface area (Å²) in [5.74, 6) is 4.29. The van der Waals surface area contributed by atoms with E-state index >= 15 is 0 Å². The number of furan rings is 2. The summed E-state index contributed by atoms with van der Waals surface area (Å²) in [7, 11) is 0. The number of hydrazone groups is 1. The number of guanidine groups is 1. The molecule has 0 fully saturated rings. The van der Waals surface area contributed by atoms with Gasteiger partial charge < -0.3 is 14.2 Å². The minimum atomic E-state index is 0.143. The molecule has 0 aromatic carbocycles. The first-order valence-electron chi connectivity index (χ1n) is 12.1. The third-order valence-corrected chi connectivity index (χ3v) is 7.88. The zero-order valence-electron chi connectivity index (χ0n) is 21.4. The van der Waals surface area contributed by atoms with Gasteiger partial charge in [-0.1, -0.05) is 13.8 Å². The third kappa shape index (κ3) is 6.58. The summed E-state index contributed by atoms with van der Waals surface area (Å²) in [4.78, 5) is 9.02. The maximum Gasteiger partial charge on any atom is 0.212 e. The molecule has 0 saturated heterocycles. The van der Waals surface area contributed by atoms with E-state index < -0.39 is 0 Å². The fourth-order valence-electron chi connectivity index (χ4n) is 3.67. The second-order valence-electron chi connectivity index (χ2n) is 9.72. The van der Waals surface area contributed by atoms with Crippen LogP contribution < -0.4 is 10.7 Å². The summed E-state index contributed by atoms with van der Waals surface area (Å²) in [5.41, 5.74) is 4.02. The molecule has 4 aromatic heterocycles. The molecule has 0 aliphatic carbocycles. The van der Waals surface area contributed by atoms with Crippen LogP contribution >= 0.6 is 22.7 Å². The van der Waals surface area contributed by atoms with Gasteiger partial charge in [0.25, 0.3) is 0 Å². The molecule has 1 aliphatic rings. The highest BCUT2D eigenvalue weighted by molar-refractivity contribution is 7.16. The van der Waals surface area contributed by atoms with Gasteiger partial charge in [-0.25, -0.2) is 5.43 Å². The van der Waals surface area contributed by atoms with Crippen LogP contribution in [0.25, 0.3) is 33.4 Å². The SMILES string of the molecule is Cc1ccc(-c2ccc(/C=C/C(/C=C/c3ccc(-c4ccc(C)o4)s3)=NNC3=NCC(C)(C)CN3)s2)o1. The third-order valence-electron chi connectivity index (χ3n) is 5.75. The van der Waals surface area contributed by atoms with Crippen molar-refractivity contribution in [3.05, 3.63) is 82.0 Å². The molecule has 0 bridgehead atoms. The fraction of sp³-hybridized carbons (Fsp3) is 0.241. The van der Waals surface area contributed by atoms with Crippen molar-refractivity contribution in [1.29, 1.82) is 0 Å². The number of nitrogens with one attached hydrogen (secondary N) is 2. The standard InChI is InChI=1S/C29H30N4O2S2/c1-19-5-13-24(34-19)26-15-11-22(36-26)9-7-21(32-33-28-30-17-29(3,4)18-31-28)8-10-23-12-16-27(37-23)25-14-6-20(2)35-25/h5-16H,17-18H2,1-4H3,(H2,30,31,33)/b9-7+,10-8+. The topological polar surface area (TPSA) is 75.1 Å². The van der Waals surface area contributed by atoms with Gasteiger partial charge in [0.1, 0.15) is 23.0 Å². The fourth-order valence-corrected chi connectivity index (χ4v) is 5.41. The van der Waals surface area contributed by atoms with Crippen LogP contribution in [0.3, 0.4) is 0 Å². The highest BCUT2D eigenvalue weighted by Gasteiger charge is 2.22. The minimum Gasteiger partial charge on any atom is -0.461 e. The molecule has 5 rings (SSSR count). The zero-order valence-corrected chi connectivity index (χ0v) is 23.0. The first-order chi connectivity index (χ1) is 17.8. The molecule has 0 radical (unpaired) electrons. The van der Waals surface area contributed by atoms with Crippen LogP contribution in [0.2, 0.25) is 0 Å². The lowest BCUT2D eigenvalue weighted by Crippen LogP contribution is -2.46. The van der Waals surface area contributed by atoms with Crippen molar-refractivity contribution in [3.63, 3.8) is 0 Å². The maximum atomic E-state index is 5.77. The number of aryl methyl sites for hydroxylation is 2. The molecule has 0 amide bonds. The van der Waals surface area contributed by atoms with Gasteiger partial charge in [-0.05, 0) is 86.7 Å². The average Bonchev–Trinajstić information content (AvgIpc) is 3.67. The number of rotatable bonds is 7. The first kappa shape index (κ1) is 25.0. The van der Waals surface area contributed by atoms with E-state index in [0.717, 1.165) is 61.4 Å². The van der Waals surface area contributed by atoms with Crippen LogP contribution in [0.5, 0.6) is 0 Å². The number of nitrogens with zero attached hydrogens (tertiary/aromatic N) is 2. The van der Waals surface area contributed by atoms with Crippen LogP contribution in [0.4, 0.5) is 0 Å². The van der Waals surface area contributed by atoms with E-state index in [1.54, 1.807) is 22.7 Å². The van der Waals surface area contributed by atoms with Crippen molar-refractivity contribution in [1.82, 2.24) is 10.7 Å². The summed E-state index contributed by atoms with van der Waals surface area (Å²) in [6.45, 7) is 9.91. The molecule has 0 saturated carbocycles. The Balaban J connectivity index is 1.34. The molecule has 5 heterocycles. The molecule has 2 N–H and O–H groups in total. The summed E-state index contributed by atoms with van der Waals surface area (Å²) in [6, 6.07) is 16.3. The Bertz CT molecular complexity index is 1400. The van der Waals surface area contributed by atoms with Crippen molar-refractivity contribution in [3.8, 4) is 21.3 Å². The second-order valence-corrected chi connectivity index (χ2v) is 12.0. The monoisotopic (exact) mass is 530 g/mol. The van der Waals surface area contributed by atoms with Crippen molar-refractivity contribution in [2.75, 3.05) is 13.1 Å². The number of hydrogen-bond acceptors (Lipinski definition) is 8. The Morgan fingerprint density at radius 2 is 1.46 bits per heavy atom. The largest absolute Gasteiger partial charge is 0.461 e. The van der Waals surface area contributed by atoms with Crippen LogP contribution in [0, 0.1) is 19.3 Å². The van der Waals surface area contributed by atoms with Crippen molar-refractivity contribution >= 4 is 46.5 Å². The molecular formula is C29H30N4O2S2. The molecule has 8 heteroatoms. The van der Waals surface area contributed by atoms with Gasteiger partial charge in [0.15, 0.2) is 0 Å². The number of hydrogen-bond donors (Lipinski definition) is 2. The molecule has 190 valence electrons. The van der Waals surface area contributed by atoms with Crippen molar-refractivity contribution in [2.45, 2.75) is 27.7 Å². The van der Waals surface area contributed by atoms with E-state index in [-0.39, 0.29) is 5.41 Å². The average molecular weight is 531 g/mol. The summed E-state index contributed by atoms with van der Waals surface area (Å²) in [5, 5.41) is 7.96. The maximum absolute atomic E-state index is 5.77. The highest BCUT2D eigenvalue weighted by Crippen LogP contribution is 2.31. The number of aliphatic imine (C=N–C) groups is 1. The zero-order chi connectivity index (χ0) is 25.8. The van der Waals surface area contributed by atoms with Crippen molar-refractivity contribution < 1.29 is 8.83 Å². The lowest BCUT2D eigenvalue weighted by molar-refractivity contribution is 0.358. The van der Waals surface area contributed by atoms with Gasteiger partial charge in [0.2, 0.25) is 5.96 Å². The molecular weight excluding hydrogens is 500 g/mol. The van der Waals surface area contributed by atoms with Crippen LogP contribution in [-0.2, 0) is 0 Å². The summed E-state index contributed by atoms with van der Waals surface area (Å²) < 4.78 is 11.5.